The number of hydrogen-bond donors (Lipinski definition) is 0. The SMILES string of the molecule is CN1CCn2ncc(-c3nc(C(C)(C)C)no3)c2S1(=O)=O. The van der Waals surface area contributed by atoms with Crippen LogP contribution < -0.4 is 0 Å². The average molecular weight is 311 g/mol. The van der Waals surface area contributed by atoms with Gasteiger partial charge in [-0.05, 0) is 0 Å². The summed E-state index contributed by atoms with van der Waals surface area (Å²) in [6.45, 7) is 6.78. The molecule has 9 heteroatoms. The van der Waals surface area contributed by atoms with Gasteiger partial charge >= 0.3 is 0 Å². The molecule has 21 heavy (non-hydrogen) atoms. The fraction of sp³-hybridized carbons (Fsp3) is 0.583. The zero-order valence-corrected chi connectivity index (χ0v) is 13.2. The molecule has 2 aromatic rings. The highest BCUT2D eigenvalue weighted by Gasteiger charge is 2.35. The van der Waals surface area contributed by atoms with Crippen molar-refractivity contribution in [2.75, 3.05) is 13.6 Å². The van der Waals surface area contributed by atoms with Gasteiger partial charge in [-0.1, -0.05) is 25.9 Å². The lowest BCUT2D eigenvalue weighted by atomic mass is 9.96. The van der Waals surface area contributed by atoms with Crippen LogP contribution in [-0.4, -0.2) is 46.2 Å². The van der Waals surface area contributed by atoms with Gasteiger partial charge in [-0.15, -0.1) is 0 Å². The Kier molecular flexibility index (Phi) is 2.96. The van der Waals surface area contributed by atoms with E-state index < -0.39 is 10.0 Å². The smallest absolute Gasteiger partial charge is 0.262 e. The van der Waals surface area contributed by atoms with Crippen LogP contribution in [-0.2, 0) is 22.0 Å². The quantitative estimate of drug-likeness (QED) is 0.775. The van der Waals surface area contributed by atoms with E-state index in [0.29, 0.717) is 24.5 Å². The predicted molar refractivity (Wildman–Crippen MR) is 74.0 cm³/mol. The van der Waals surface area contributed by atoms with Crippen molar-refractivity contribution in [3.8, 4) is 11.5 Å². The molecule has 0 radical (unpaired) electrons. The van der Waals surface area contributed by atoms with Crippen LogP contribution in [0.5, 0.6) is 0 Å². The third kappa shape index (κ3) is 2.16. The fourth-order valence-electron chi connectivity index (χ4n) is 2.09. The number of rotatable bonds is 1. The molecule has 3 rings (SSSR count). The van der Waals surface area contributed by atoms with Gasteiger partial charge in [-0.25, -0.2) is 8.42 Å². The number of likely N-dealkylation sites (N-methyl/N-ethyl adjacent to an activating group) is 1. The molecule has 0 saturated carbocycles. The Morgan fingerprint density at radius 3 is 2.62 bits per heavy atom. The van der Waals surface area contributed by atoms with E-state index in [4.69, 9.17) is 4.52 Å². The molecule has 0 aromatic carbocycles. The Bertz CT molecular complexity index is 784. The van der Waals surface area contributed by atoms with Crippen LogP contribution in [0.4, 0.5) is 0 Å². The minimum Gasteiger partial charge on any atom is -0.334 e. The first kappa shape index (κ1) is 14.2. The van der Waals surface area contributed by atoms with Crippen LogP contribution in [0.2, 0.25) is 0 Å². The van der Waals surface area contributed by atoms with Crippen molar-refractivity contribution >= 4 is 10.0 Å². The molecule has 114 valence electrons. The fourth-order valence-corrected chi connectivity index (χ4v) is 3.53. The van der Waals surface area contributed by atoms with Gasteiger partial charge in [0.05, 0.1) is 18.3 Å². The van der Waals surface area contributed by atoms with E-state index in [1.165, 1.54) is 15.2 Å². The number of aromatic nitrogens is 4. The van der Waals surface area contributed by atoms with Gasteiger partial charge in [-0.3, -0.25) is 4.68 Å². The molecular formula is C12H17N5O3S. The molecule has 0 saturated heterocycles. The molecule has 0 atom stereocenters. The summed E-state index contributed by atoms with van der Waals surface area (Å²) in [5.74, 6) is 0.707. The van der Waals surface area contributed by atoms with Crippen molar-refractivity contribution in [1.82, 2.24) is 24.2 Å². The Morgan fingerprint density at radius 1 is 1.29 bits per heavy atom. The summed E-state index contributed by atoms with van der Waals surface area (Å²) in [5.41, 5.74) is 0.0783. The van der Waals surface area contributed by atoms with Crippen LogP contribution in [0, 0.1) is 0 Å². The molecule has 0 amide bonds. The van der Waals surface area contributed by atoms with E-state index in [9.17, 15) is 8.42 Å². The molecule has 2 aromatic heterocycles. The lowest BCUT2D eigenvalue weighted by Gasteiger charge is -2.23. The van der Waals surface area contributed by atoms with Gasteiger partial charge in [0, 0.05) is 19.0 Å². The molecule has 3 heterocycles. The summed E-state index contributed by atoms with van der Waals surface area (Å²) in [6.07, 6.45) is 1.46. The summed E-state index contributed by atoms with van der Waals surface area (Å²) in [6, 6.07) is 0. The molecule has 0 aliphatic carbocycles. The number of nitrogens with zero attached hydrogens (tertiary/aromatic N) is 5. The van der Waals surface area contributed by atoms with E-state index in [1.807, 2.05) is 20.8 Å². The van der Waals surface area contributed by atoms with Crippen LogP contribution in [0.3, 0.4) is 0 Å². The second-order valence-corrected chi connectivity index (χ2v) is 8.05. The molecule has 0 N–H and O–H groups in total. The van der Waals surface area contributed by atoms with Crippen molar-refractivity contribution in [2.24, 2.45) is 0 Å². The van der Waals surface area contributed by atoms with E-state index in [2.05, 4.69) is 15.2 Å². The first-order valence-corrected chi connectivity index (χ1v) is 8.02. The van der Waals surface area contributed by atoms with Gasteiger partial charge in [0.25, 0.3) is 15.9 Å². The van der Waals surface area contributed by atoms with Gasteiger partial charge in [0.2, 0.25) is 0 Å². The summed E-state index contributed by atoms with van der Waals surface area (Å²) >= 11 is 0. The minimum absolute atomic E-state index is 0.111. The summed E-state index contributed by atoms with van der Waals surface area (Å²) in [5, 5.41) is 8.16. The van der Waals surface area contributed by atoms with Crippen molar-refractivity contribution in [2.45, 2.75) is 37.8 Å². The summed E-state index contributed by atoms with van der Waals surface area (Å²) < 4.78 is 32.9. The van der Waals surface area contributed by atoms with Crippen LogP contribution in [0.25, 0.3) is 11.5 Å². The van der Waals surface area contributed by atoms with E-state index in [-0.39, 0.29) is 16.3 Å². The Morgan fingerprint density at radius 2 is 2.00 bits per heavy atom. The van der Waals surface area contributed by atoms with Gasteiger partial charge < -0.3 is 4.52 Å². The summed E-state index contributed by atoms with van der Waals surface area (Å²) in [7, 11) is -2.03. The maximum atomic E-state index is 12.4. The van der Waals surface area contributed by atoms with Crippen LogP contribution >= 0.6 is 0 Å². The molecule has 8 nitrogen and oxygen atoms in total. The average Bonchev–Trinajstić information content (AvgIpc) is 2.99. The van der Waals surface area contributed by atoms with E-state index >= 15 is 0 Å². The topological polar surface area (TPSA) is 94.1 Å². The third-order valence-electron chi connectivity index (χ3n) is 3.40. The molecular weight excluding hydrogens is 294 g/mol. The lowest BCUT2D eigenvalue weighted by molar-refractivity contribution is 0.380. The van der Waals surface area contributed by atoms with Gasteiger partial charge in [0.15, 0.2) is 10.9 Å². The highest BCUT2D eigenvalue weighted by molar-refractivity contribution is 7.89. The molecule has 0 unspecified atom stereocenters. The molecule has 1 aliphatic heterocycles. The lowest BCUT2D eigenvalue weighted by Crippen LogP contribution is -2.37. The largest absolute Gasteiger partial charge is 0.334 e. The monoisotopic (exact) mass is 311 g/mol. The van der Waals surface area contributed by atoms with Gasteiger partial charge in [0.1, 0.15) is 0 Å². The van der Waals surface area contributed by atoms with Crippen LogP contribution in [0.15, 0.2) is 15.7 Å². The van der Waals surface area contributed by atoms with Crippen LogP contribution in [0.1, 0.15) is 26.6 Å². The predicted octanol–water partition coefficient (Wildman–Crippen LogP) is 0.865. The first-order valence-electron chi connectivity index (χ1n) is 6.58. The molecule has 0 fully saturated rings. The van der Waals surface area contributed by atoms with E-state index in [1.54, 1.807) is 7.05 Å². The molecule has 0 spiro atoms. The number of hydrogen-bond acceptors (Lipinski definition) is 6. The number of sulfonamides is 1. The first-order chi connectivity index (χ1) is 9.71. The standard InChI is InChI=1S/C12H17N5O3S/c1-12(2,3)11-14-9(20-15-11)8-7-13-17-6-5-16(4)21(18,19)10(8)17/h7H,5-6H2,1-4H3. The molecule has 0 bridgehead atoms. The Hall–Kier alpha value is -1.74. The highest BCUT2D eigenvalue weighted by Crippen LogP contribution is 2.31. The van der Waals surface area contributed by atoms with Crippen molar-refractivity contribution in [1.29, 1.82) is 0 Å². The van der Waals surface area contributed by atoms with Crippen molar-refractivity contribution < 1.29 is 12.9 Å². The van der Waals surface area contributed by atoms with Crippen molar-refractivity contribution in [3.05, 3.63) is 12.0 Å². The third-order valence-corrected chi connectivity index (χ3v) is 5.32. The zero-order valence-electron chi connectivity index (χ0n) is 12.4. The van der Waals surface area contributed by atoms with E-state index in [0.717, 1.165) is 0 Å². The normalized spacial score (nSPS) is 18.7. The second kappa shape index (κ2) is 4.38. The number of fused-ring (bicyclic) bond motifs is 1. The second-order valence-electron chi connectivity index (χ2n) is 6.09. The minimum atomic E-state index is -3.58. The Labute approximate surface area is 122 Å². The maximum Gasteiger partial charge on any atom is 0.262 e. The van der Waals surface area contributed by atoms with Gasteiger partial charge in [-0.2, -0.15) is 14.4 Å². The zero-order chi connectivity index (χ0) is 15.4. The van der Waals surface area contributed by atoms with Crippen molar-refractivity contribution in [3.63, 3.8) is 0 Å². The highest BCUT2D eigenvalue weighted by atomic mass is 32.2. The molecule has 1 aliphatic rings. The Balaban J connectivity index is 2.14. The maximum absolute atomic E-state index is 12.4. The summed E-state index contributed by atoms with van der Waals surface area (Å²) in [4.78, 5) is 4.31.